The van der Waals surface area contributed by atoms with E-state index in [0.29, 0.717) is 21.4 Å². The summed E-state index contributed by atoms with van der Waals surface area (Å²) in [6, 6.07) is 33.7. The number of rotatable bonds is 8. The van der Waals surface area contributed by atoms with Crippen molar-refractivity contribution in [3.63, 3.8) is 0 Å². The Bertz CT molecular complexity index is 1540. The van der Waals surface area contributed by atoms with Gasteiger partial charge in [-0.25, -0.2) is 4.98 Å². The zero-order valence-electron chi connectivity index (χ0n) is 20.0. The number of carbonyl (C=O) groups excluding carboxylic acids is 2. The summed E-state index contributed by atoms with van der Waals surface area (Å²) < 4.78 is 0. The number of carbonyl (C=O) groups is 2. The van der Waals surface area contributed by atoms with Gasteiger partial charge in [-0.3, -0.25) is 9.59 Å². The zero-order valence-corrected chi connectivity index (χ0v) is 22.4. The molecule has 0 aliphatic rings. The van der Waals surface area contributed by atoms with Crippen LogP contribution in [0, 0.1) is 0 Å². The number of nitrogens with zero attached hydrogens (tertiary/aromatic N) is 1. The van der Waals surface area contributed by atoms with E-state index in [4.69, 9.17) is 11.6 Å². The maximum atomic E-state index is 13.4. The lowest BCUT2D eigenvalue weighted by Gasteiger charge is -2.16. The molecule has 5 nitrogen and oxygen atoms in total. The fraction of sp³-hybridized carbons (Fsp3) is 0.0333. The average Bonchev–Trinajstić information content (AvgIpc) is 3.42. The van der Waals surface area contributed by atoms with Gasteiger partial charge >= 0.3 is 0 Å². The number of amides is 2. The van der Waals surface area contributed by atoms with Crippen LogP contribution >= 0.6 is 34.7 Å². The lowest BCUT2D eigenvalue weighted by Crippen LogP contribution is -2.19. The highest BCUT2D eigenvalue weighted by atomic mass is 35.5. The molecule has 1 heterocycles. The Balaban J connectivity index is 1.29. The van der Waals surface area contributed by atoms with Crippen LogP contribution in [0.1, 0.15) is 21.2 Å². The van der Waals surface area contributed by atoms with Gasteiger partial charge in [-0.15, -0.1) is 23.1 Å². The molecule has 0 fully saturated rings. The first kappa shape index (κ1) is 25.7. The van der Waals surface area contributed by atoms with E-state index in [2.05, 4.69) is 15.6 Å². The number of halogens is 1. The van der Waals surface area contributed by atoms with Crippen molar-refractivity contribution in [3.8, 4) is 11.3 Å². The topological polar surface area (TPSA) is 71.1 Å². The summed E-state index contributed by atoms with van der Waals surface area (Å²) in [6.07, 6.45) is 0. The fourth-order valence-electron chi connectivity index (χ4n) is 3.73. The number of hydrogen-bond donors (Lipinski definition) is 2. The number of nitrogens with one attached hydrogen (secondary N) is 2. The SMILES string of the molecule is O=C(Nc1ccc(SC(C(=O)Nc2nc(-c3ccccc3)cs2)c2ccccc2)cc1)c1cccc(Cl)c1. The second kappa shape index (κ2) is 12.1. The van der Waals surface area contributed by atoms with Gasteiger partial charge in [-0.05, 0) is 48.0 Å². The molecule has 1 aromatic heterocycles. The average molecular weight is 556 g/mol. The lowest BCUT2D eigenvalue weighted by atomic mass is 10.1. The molecule has 1 unspecified atom stereocenters. The van der Waals surface area contributed by atoms with Crippen molar-refractivity contribution < 1.29 is 9.59 Å². The van der Waals surface area contributed by atoms with Gasteiger partial charge in [0.25, 0.3) is 5.91 Å². The highest BCUT2D eigenvalue weighted by molar-refractivity contribution is 8.00. The maximum absolute atomic E-state index is 13.4. The van der Waals surface area contributed by atoms with Crippen LogP contribution < -0.4 is 10.6 Å². The van der Waals surface area contributed by atoms with Crippen LogP contribution in [0.3, 0.4) is 0 Å². The number of aromatic nitrogens is 1. The molecule has 0 aliphatic carbocycles. The van der Waals surface area contributed by atoms with Crippen LogP contribution in [0.2, 0.25) is 5.02 Å². The van der Waals surface area contributed by atoms with E-state index >= 15 is 0 Å². The molecule has 5 rings (SSSR count). The van der Waals surface area contributed by atoms with Gasteiger partial charge in [-0.1, -0.05) is 78.3 Å². The van der Waals surface area contributed by atoms with E-state index in [9.17, 15) is 9.59 Å². The molecule has 0 saturated heterocycles. The zero-order chi connectivity index (χ0) is 26.3. The van der Waals surface area contributed by atoms with Gasteiger partial charge in [0.15, 0.2) is 5.13 Å². The van der Waals surface area contributed by atoms with Gasteiger partial charge in [0.1, 0.15) is 5.25 Å². The molecular weight excluding hydrogens is 534 g/mol. The van der Waals surface area contributed by atoms with Crippen molar-refractivity contribution in [2.75, 3.05) is 10.6 Å². The third kappa shape index (κ3) is 6.50. The predicted molar refractivity (Wildman–Crippen MR) is 157 cm³/mol. The Morgan fingerprint density at radius 1 is 0.816 bits per heavy atom. The van der Waals surface area contributed by atoms with Crippen LogP contribution in [-0.2, 0) is 4.79 Å². The molecule has 8 heteroatoms. The summed E-state index contributed by atoms with van der Waals surface area (Å²) in [5.41, 5.74) is 3.84. The van der Waals surface area contributed by atoms with Gasteiger partial charge in [0.2, 0.25) is 5.91 Å². The molecule has 0 aliphatic heterocycles. The van der Waals surface area contributed by atoms with E-state index in [1.807, 2.05) is 90.3 Å². The first-order valence-electron chi connectivity index (χ1n) is 11.8. The molecule has 4 aromatic carbocycles. The first-order valence-corrected chi connectivity index (χ1v) is 13.9. The Morgan fingerprint density at radius 2 is 1.53 bits per heavy atom. The fourth-order valence-corrected chi connectivity index (χ4v) is 5.67. The van der Waals surface area contributed by atoms with Crippen molar-refractivity contribution in [2.45, 2.75) is 10.1 Å². The summed E-state index contributed by atoms with van der Waals surface area (Å²) in [4.78, 5) is 31.5. The van der Waals surface area contributed by atoms with Crippen molar-refractivity contribution in [3.05, 3.63) is 131 Å². The minimum absolute atomic E-state index is 0.159. The molecule has 0 radical (unpaired) electrons. The van der Waals surface area contributed by atoms with E-state index in [1.165, 1.54) is 23.1 Å². The molecule has 0 spiro atoms. The highest BCUT2D eigenvalue weighted by Gasteiger charge is 2.23. The Labute approximate surface area is 233 Å². The van der Waals surface area contributed by atoms with E-state index in [1.54, 1.807) is 24.3 Å². The van der Waals surface area contributed by atoms with Crippen molar-refractivity contribution >= 4 is 57.3 Å². The van der Waals surface area contributed by atoms with Crippen molar-refractivity contribution in [1.82, 2.24) is 4.98 Å². The Morgan fingerprint density at radius 3 is 2.24 bits per heavy atom. The second-order valence-corrected chi connectivity index (χ2v) is 10.8. The van der Waals surface area contributed by atoms with Crippen molar-refractivity contribution in [1.29, 1.82) is 0 Å². The predicted octanol–water partition coefficient (Wildman–Crippen LogP) is 8.19. The molecule has 0 bridgehead atoms. The minimum Gasteiger partial charge on any atom is -0.322 e. The van der Waals surface area contributed by atoms with E-state index in [-0.39, 0.29) is 11.8 Å². The molecule has 1 atom stereocenters. The van der Waals surface area contributed by atoms with E-state index < -0.39 is 5.25 Å². The summed E-state index contributed by atoms with van der Waals surface area (Å²) in [5, 5.41) is 8.36. The van der Waals surface area contributed by atoms with Crippen LogP contribution in [0.15, 0.2) is 119 Å². The van der Waals surface area contributed by atoms with Crippen LogP contribution in [0.4, 0.5) is 10.8 Å². The Hall–Kier alpha value is -3.91. The molecule has 5 aromatic rings. The normalized spacial score (nSPS) is 11.5. The molecule has 0 saturated carbocycles. The van der Waals surface area contributed by atoms with Gasteiger partial charge in [0.05, 0.1) is 5.69 Å². The third-order valence-corrected chi connectivity index (χ3v) is 7.86. The number of thioether (sulfide) groups is 1. The number of anilines is 2. The molecule has 2 N–H and O–H groups in total. The molecule has 2 amide bonds. The van der Waals surface area contributed by atoms with Gasteiger partial charge in [0, 0.05) is 32.1 Å². The lowest BCUT2D eigenvalue weighted by molar-refractivity contribution is -0.115. The monoisotopic (exact) mass is 555 g/mol. The summed E-state index contributed by atoms with van der Waals surface area (Å²) in [7, 11) is 0. The minimum atomic E-state index is -0.493. The van der Waals surface area contributed by atoms with Gasteiger partial charge < -0.3 is 10.6 Å². The van der Waals surface area contributed by atoms with E-state index in [0.717, 1.165) is 21.7 Å². The number of benzene rings is 4. The number of thiazole rings is 1. The molecule has 38 heavy (non-hydrogen) atoms. The van der Waals surface area contributed by atoms with Crippen LogP contribution in [-0.4, -0.2) is 16.8 Å². The summed E-state index contributed by atoms with van der Waals surface area (Å²) in [6.45, 7) is 0. The second-order valence-electron chi connectivity index (χ2n) is 8.29. The number of hydrogen-bond acceptors (Lipinski definition) is 5. The smallest absolute Gasteiger partial charge is 0.255 e. The van der Waals surface area contributed by atoms with Crippen LogP contribution in [0.5, 0.6) is 0 Å². The summed E-state index contributed by atoms with van der Waals surface area (Å²) >= 11 is 8.83. The molecular formula is C30H22ClN3O2S2. The standard InChI is InChI=1S/C30H22ClN3O2S2/c31-23-13-7-12-22(18-23)28(35)32-24-14-16-25(17-15-24)38-27(21-10-5-2-6-11-21)29(36)34-30-33-26(19-37-30)20-8-3-1-4-9-20/h1-19,27H,(H,32,35)(H,33,34,36). The highest BCUT2D eigenvalue weighted by Crippen LogP contribution is 2.37. The Kier molecular flexibility index (Phi) is 8.19. The van der Waals surface area contributed by atoms with Crippen LogP contribution in [0.25, 0.3) is 11.3 Å². The van der Waals surface area contributed by atoms with Crippen molar-refractivity contribution in [2.24, 2.45) is 0 Å². The first-order chi connectivity index (χ1) is 18.5. The largest absolute Gasteiger partial charge is 0.322 e. The third-order valence-electron chi connectivity index (χ3n) is 5.60. The maximum Gasteiger partial charge on any atom is 0.255 e. The quantitative estimate of drug-likeness (QED) is 0.189. The van der Waals surface area contributed by atoms with Gasteiger partial charge in [-0.2, -0.15) is 0 Å². The molecule has 188 valence electrons. The summed E-state index contributed by atoms with van der Waals surface area (Å²) in [5.74, 6) is -0.402.